The zero-order valence-electron chi connectivity index (χ0n) is 21.6. The fourth-order valence-electron chi connectivity index (χ4n) is 5.10. The first-order valence-electron chi connectivity index (χ1n) is 12.3. The summed E-state index contributed by atoms with van der Waals surface area (Å²) in [5, 5.41) is 7.25. The van der Waals surface area contributed by atoms with Crippen LogP contribution in [0.1, 0.15) is 34.7 Å². The van der Waals surface area contributed by atoms with Crippen LogP contribution in [0.15, 0.2) is 77.4 Å². The molecule has 1 aliphatic rings. The van der Waals surface area contributed by atoms with Crippen molar-refractivity contribution in [2.45, 2.75) is 25.9 Å². The Morgan fingerprint density at radius 1 is 1.13 bits per heavy atom. The van der Waals surface area contributed by atoms with Gasteiger partial charge in [0.25, 0.3) is 0 Å². The summed E-state index contributed by atoms with van der Waals surface area (Å²) in [6.07, 6.45) is 1.79. The molecule has 2 N–H and O–H groups in total. The predicted molar refractivity (Wildman–Crippen MR) is 163 cm³/mol. The number of hydrogen-bond donors (Lipinski definition) is 2. The molecule has 1 fully saturated rings. The molecular formula is C29H27BrClN5O2S. The van der Waals surface area contributed by atoms with Crippen LogP contribution >= 0.6 is 39.7 Å². The molecule has 7 nitrogen and oxygen atoms in total. The van der Waals surface area contributed by atoms with Crippen LogP contribution < -0.4 is 15.5 Å². The van der Waals surface area contributed by atoms with Crippen LogP contribution in [0.4, 0.5) is 11.4 Å². The first kappa shape index (κ1) is 27.3. The third-order valence-electron chi connectivity index (χ3n) is 6.75. The van der Waals surface area contributed by atoms with Gasteiger partial charge >= 0.3 is 0 Å². The Kier molecular flexibility index (Phi) is 8.04. The summed E-state index contributed by atoms with van der Waals surface area (Å²) in [5.41, 5.74) is 6.60. The zero-order chi connectivity index (χ0) is 27.7. The quantitative estimate of drug-likeness (QED) is 0.224. The van der Waals surface area contributed by atoms with Gasteiger partial charge in [-0.05, 0) is 92.3 Å². The Labute approximate surface area is 246 Å². The van der Waals surface area contributed by atoms with Gasteiger partial charge in [0.2, 0.25) is 5.91 Å². The van der Waals surface area contributed by atoms with Crippen molar-refractivity contribution in [2.75, 3.05) is 23.9 Å². The zero-order valence-corrected chi connectivity index (χ0v) is 24.8. The first-order chi connectivity index (χ1) is 18.8. The molecular weight excluding hydrogens is 598 g/mol. The number of hydrogen-bond acceptors (Lipinski definition) is 4. The van der Waals surface area contributed by atoms with E-state index in [9.17, 15) is 4.79 Å². The van der Waals surface area contributed by atoms with Gasteiger partial charge in [0.05, 0.1) is 28.5 Å². The van der Waals surface area contributed by atoms with Crippen molar-refractivity contribution < 1.29 is 9.53 Å². The monoisotopic (exact) mass is 623 g/mol. The molecule has 39 heavy (non-hydrogen) atoms. The standard InChI is InChI=1S/C29H27BrClN5O2S/c1-17-14-22(18(2)35(17)20-9-7-19(30)8-10-20)28-27(25-6-4-5-13-32-25)34-29(39)36(28)21-11-12-24(23(31)15-21)33-26(37)16-38-3/h4-15,27-28H,16H2,1-3H3,(H,33,37)(H,34,39)/t27-,28-/m0/s1. The molecule has 10 heteroatoms. The maximum Gasteiger partial charge on any atom is 0.250 e. The van der Waals surface area contributed by atoms with Crippen molar-refractivity contribution in [3.05, 3.63) is 105 Å². The van der Waals surface area contributed by atoms with Gasteiger partial charge in [0.1, 0.15) is 6.61 Å². The van der Waals surface area contributed by atoms with E-state index in [0.717, 1.165) is 38.5 Å². The summed E-state index contributed by atoms with van der Waals surface area (Å²) in [6.45, 7) is 4.18. The molecule has 0 bridgehead atoms. The van der Waals surface area contributed by atoms with Gasteiger partial charge in [-0.25, -0.2) is 0 Å². The molecule has 1 amide bonds. The van der Waals surface area contributed by atoms with Crippen molar-refractivity contribution in [3.63, 3.8) is 0 Å². The molecule has 2 aromatic carbocycles. The van der Waals surface area contributed by atoms with Crippen LogP contribution in [0.2, 0.25) is 5.02 Å². The Hall–Kier alpha value is -3.24. The fraction of sp³-hybridized carbons (Fsp3) is 0.207. The summed E-state index contributed by atoms with van der Waals surface area (Å²) in [7, 11) is 1.47. The Balaban J connectivity index is 1.60. The maximum atomic E-state index is 12.1. The smallest absolute Gasteiger partial charge is 0.250 e. The average molecular weight is 625 g/mol. The van der Waals surface area contributed by atoms with E-state index < -0.39 is 0 Å². The molecule has 1 saturated heterocycles. The molecule has 1 aliphatic heterocycles. The Morgan fingerprint density at radius 3 is 2.54 bits per heavy atom. The highest BCUT2D eigenvalue weighted by Crippen LogP contribution is 2.44. The number of benzene rings is 2. The number of anilines is 2. The van der Waals surface area contributed by atoms with Crippen LogP contribution in [0.25, 0.3) is 5.69 Å². The van der Waals surface area contributed by atoms with Gasteiger partial charge in [-0.3, -0.25) is 9.78 Å². The van der Waals surface area contributed by atoms with Crippen LogP contribution in [-0.2, 0) is 9.53 Å². The highest BCUT2D eigenvalue weighted by molar-refractivity contribution is 9.10. The number of ether oxygens (including phenoxy) is 1. The third kappa shape index (κ3) is 5.45. The lowest BCUT2D eigenvalue weighted by molar-refractivity contribution is -0.119. The highest BCUT2D eigenvalue weighted by Gasteiger charge is 2.42. The molecule has 0 radical (unpaired) electrons. The largest absolute Gasteiger partial charge is 0.375 e. The second kappa shape index (κ2) is 11.5. The first-order valence-corrected chi connectivity index (χ1v) is 13.9. The summed E-state index contributed by atoms with van der Waals surface area (Å²) in [4.78, 5) is 18.8. The average Bonchev–Trinajstić information content (AvgIpc) is 3.41. The van der Waals surface area contributed by atoms with Crippen LogP contribution in [-0.4, -0.2) is 34.3 Å². The summed E-state index contributed by atoms with van der Waals surface area (Å²) >= 11 is 16.1. The van der Waals surface area contributed by atoms with Crippen molar-refractivity contribution in [3.8, 4) is 5.69 Å². The molecule has 3 heterocycles. The number of aromatic nitrogens is 2. The lowest BCUT2D eigenvalue weighted by Crippen LogP contribution is -2.29. The van der Waals surface area contributed by atoms with Crippen LogP contribution in [0, 0.1) is 13.8 Å². The van der Waals surface area contributed by atoms with E-state index in [1.54, 1.807) is 12.3 Å². The number of pyridine rings is 1. The fourth-order valence-corrected chi connectivity index (χ4v) is 5.93. The molecule has 0 unspecified atom stereocenters. The molecule has 0 spiro atoms. The number of nitrogens with one attached hydrogen (secondary N) is 2. The van der Waals surface area contributed by atoms with Gasteiger partial charge in [0, 0.05) is 40.5 Å². The summed E-state index contributed by atoms with van der Waals surface area (Å²) in [6, 6.07) is 21.5. The van der Waals surface area contributed by atoms with E-state index in [1.165, 1.54) is 7.11 Å². The second-order valence-corrected chi connectivity index (χ2v) is 11.0. The van der Waals surface area contributed by atoms with E-state index in [4.69, 9.17) is 28.6 Å². The van der Waals surface area contributed by atoms with E-state index in [-0.39, 0.29) is 24.6 Å². The lowest BCUT2D eigenvalue weighted by Gasteiger charge is -2.28. The highest BCUT2D eigenvalue weighted by atomic mass is 79.9. The number of nitrogens with zero attached hydrogens (tertiary/aromatic N) is 3. The van der Waals surface area contributed by atoms with Gasteiger partial charge in [-0.1, -0.05) is 33.6 Å². The summed E-state index contributed by atoms with van der Waals surface area (Å²) < 4.78 is 8.19. The SMILES string of the molecule is COCC(=O)Nc1ccc(N2C(=S)N[C@@H](c3ccccn3)[C@@H]2c2cc(C)n(-c3ccc(Br)cc3)c2C)cc1Cl. The molecule has 0 saturated carbocycles. The molecule has 2 atom stereocenters. The minimum absolute atomic E-state index is 0.0555. The molecule has 5 rings (SSSR count). The van der Waals surface area contributed by atoms with Crippen molar-refractivity contribution in [1.82, 2.24) is 14.9 Å². The van der Waals surface area contributed by atoms with Crippen LogP contribution in [0.5, 0.6) is 0 Å². The number of carbonyl (C=O) groups is 1. The van der Waals surface area contributed by atoms with Gasteiger partial charge in [-0.15, -0.1) is 0 Å². The summed E-state index contributed by atoms with van der Waals surface area (Å²) in [5.74, 6) is -0.279. The molecule has 4 aromatic rings. The lowest BCUT2D eigenvalue weighted by atomic mass is 9.96. The van der Waals surface area contributed by atoms with Gasteiger partial charge in [0.15, 0.2) is 5.11 Å². The number of halogens is 2. The molecule has 2 aromatic heterocycles. The van der Waals surface area contributed by atoms with E-state index in [0.29, 0.717) is 15.8 Å². The molecule has 0 aliphatic carbocycles. The van der Waals surface area contributed by atoms with E-state index in [2.05, 4.69) is 73.1 Å². The number of carbonyl (C=O) groups excluding carboxylic acids is 1. The van der Waals surface area contributed by atoms with Crippen LogP contribution in [0.3, 0.4) is 0 Å². The van der Waals surface area contributed by atoms with Gasteiger partial charge in [-0.2, -0.15) is 0 Å². The van der Waals surface area contributed by atoms with Gasteiger partial charge < -0.3 is 24.8 Å². The number of methoxy groups -OCH3 is 1. The topological polar surface area (TPSA) is 71.4 Å². The minimum Gasteiger partial charge on any atom is -0.375 e. The second-order valence-electron chi connectivity index (χ2n) is 9.28. The van der Waals surface area contributed by atoms with E-state index in [1.807, 2.05) is 42.5 Å². The Morgan fingerprint density at radius 2 is 1.87 bits per heavy atom. The number of aryl methyl sites for hydroxylation is 1. The number of rotatable bonds is 7. The molecule has 200 valence electrons. The maximum absolute atomic E-state index is 12.1. The number of amides is 1. The Bertz CT molecular complexity index is 1530. The van der Waals surface area contributed by atoms with E-state index >= 15 is 0 Å². The van der Waals surface area contributed by atoms with Crippen molar-refractivity contribution in [2.24, 2.45) is 0 Å². The predicted octanol–water partition coefficient (Wildman–Crippen LogP) is 6.67. The number of thiocarbonyl (C=S) groups is 1. The minimum atomic E-state index is -0.279. The third-order valence-corrected chi connectivity index (χ3v) is 7.91. The van der Waals surface area contributed by atoms with Crippen molar-refractivity contribution >= 4 is 62.1 Å². The normalized spacial score (nSPS) is 16.8. The van der Waals surface area contributed by atoms with Crippen molar-refractivity contribution in [1.29, 1.82) is 0 Å².